The standard InChI is InChI=1S/C28H43N.H2/c1-21-10-9-12-24(18-21)19-28(29)20-27(23(3)26-16-17-26)15-6-4-5-11-22(2)25-13-7-8-14-25;/h9-10,12,18,20,22,25-26H,4-8,11,13-17,19,29H2,1-3H3;1H/b27-23+,28-20-;. The maximum absolute atomic E-state index is 6.48. The zero-order chi connectivity index (χ0) is 20.6. The Morgan fingerprint density at radius 2 is 1.90 bits per heavy atom. The van der Waals surface area contributed by atoms with Crippen molar-refractivity contribution in [1.82, 2.24) is 0 Å². The van der Waals surface area contributed by atoms with E-state index in [2.05, 4.69) is 51.1 Å². The molecule has 3 rings (SSSR count). The monoisotopic (exact) mass is 395 g/mol. The summed E-state index contributed by atoms with van der Waals surface area (Å²) >= 11 is 0. The van der Waals surface area contributed by atoms with Crippen molar-refractivity contribution in [1.29, 1.82) is 0 Å². The van der Waals surface area contributed by atoms with Gasteiger partial charge in [-0.05, 0) is 74.5 Å². The molecule has 1 heteroatoms. The molecule has 162 valence electrons. The Balaban J connectivity index is 0.00000320. The van der Waals surface area contributed by atoms with E-state index in [1.165, 1.54) is 87.3 Å². The molecule has 1 aromatic rings. The van der Waals surface area contributed by atoms with E-state index in [-0.39, 0.29) is 1.43 Å². The first-order valence-electron chi connectivity index (χ1n) is 12.2. The Bertz CT molecular complexity index is 707. The number of benzene rings is 1. The molecule has 0 aromatic heterocycles. The number of unbranched alkanes of at least 4 members (excludes halogenated alkanes) is 2. The van der Waals surface area contributed by atoms with Crippen LogP contribution in [0, 0.1) is 24.7 Å². The highest BCUT2D eigenvalue weighted by atomic mass is 14.6. The van der Waals surface area contributed by atoms with Crippen molar-refractivity contribution in [2.75, 3.05) is 0 Å². The highest BCUT2D eigenvalue weighted by Gasteiger charge is 2.25. The fraction of sp³-hybridized carbons (Fsp3) is 0.643. The largest absolute Gasteiger partial charge is 0.402 e. The molecular weight excluding hydrogens is 350 g/mol. The van der Waals surface area contributed by atoms with Crippen LogP contribution in [0.25, 0.3) is 0 Å². The lowest BCUT2D eigenvalue weighted by Crippen LogP contribution is -2.07. The van der Waals surface area contributed by atoms with Crippen LogP contribution in [-0.4, -0.2) is 0 Å². The van der Waals surface area contributed by atoms with Gasteiger partial charge < -0.3 is 5.73 Å². The molecule has 2 saturated carbocycles. The summed E-state index contributed by atoms with van der Waals surface area (Å²) in [6, 6.07) is 8.73. The topological polar surface area (TPSA) is 26.0 Å². The molecule has 0 saturated heterocycles. The van der Waals surface area contributed by atoms with E-state index >= 15 is 0 Å². The second-order valence-corrected chi connectivity index (χ2v) is 9.99. The van der Waals surface area contributed by atoms with E-state index in [9.17, 15) is 0 Å². The van der Waals surface area contributed by atoms with Crippen LogP contribution in [0.15, 0.2) is 47.2 Å². The van der Waals surface area contributed by atoms with Gasteiger partial charge in [0.25, 0.3) is 0 Å². The molecule has 29 heavy (non-hydrogen) atoms. The predicted octanol–water partition coefficient (Wildman–Crippen LogP) is 8.13. The quantitative estimate of drug-likeness (QED) is 0.297. The van der Waals surface area contributed by atoms with Gasteiger partial charge in [-0.3, -0.25) is 0 Å². The Kier molecular flexibility index (Phi) is 8.45. The number of nitrogens with two attached hydrogens (primary N) is 1. The highest BCUT2D eigenvalue weighted by Crippen LogP contribution is 2.39. The molecule has 1 unspecified atom stereocenters. The van der Waals surface area contributed by atoms with E-state index in [0.717, 1.165) is 29.9 Å². The van der Waals surface area contributed by atoms with Gasteiger partial charge >= 0.3 is 0 Å². The van der Waals surface area contributed by atoms with E-state index in [4.69, 9.17) is 5.73 Å². The van der Waals surface area contributed by atoms with Crippen LogP contribution in [0.1, 0.15) is 97.0 Å². The summed E-state index contributed by atoms with van der Waals surface area (Å²) in [6.45, 7) is 7.00. The van der Waals surface area contributed by atoms with Crippen LogP contribution in [0.4, 0.5) is 0 Å². The van der Waals surface area contributed by atoms with Gasteiger partial charge in [0.15, 0.2) is 0 Å². The molecule has 1 atom stereocenters. The molecule has 0 heterocycles. The van der Waals surface area contributed by atoms with Crippen molar-refractivity contribution in [2.24, 2.45) is 23.5 Å². The number of hydrogen-bond acceptors (Lipinski definition) is 1. The second kappa shape index (κ2) is 11.0. The lowest BCUT2D eigenvalue weighted by molar-refractivity contribution is 0.334. The minimum atomic E-state index is 0. The van der Waals surface area contributed by atoms with E-state index in [0.29, 0.717) is 0 Å². The van der Waals surface area contributed by atoms with Gasteiger partial charge in [0, 0.05) is 13.5 Å². The first-order chi connectivity index (χ1) is 14.0. The van der Waals surface area contributed by atoms with Crippen molar-refractivity contribution in [3.63, 3.8) is 0 Å². The second-order valence-electron chi connectivity index (χ2n) is 9.99. The summed E-state index contributed by atoms with van der Waals surface area (Å²) in [4.78, 5) is 0. The fourth-order valence-corrected chi connectivity index (χ4v) is 5.22. The Morgan fingerprint density at radius 3 is 2.59 bits per heavy atom. The summed E-state index contributed by atoms with van der Waals surface area (Å²) in [5, 5.41) is 0. The number of rotatable bonds is 11. The zero-order valence-corrected chi connectivity index (χ0v) is 19.2. The third-order valence-electron chi connectivity index (χ3n) is 7.36. The van der Waals surface area contributed by atoms with Crippen LogP contribution in [0.3, 0.4) is 0 Å². The minimum absolute atomic E-state index is 0. The van der Waals surface area contributed by atoms with Gasteiger partial charge in [-0.25, -0.2) is 0 Å². The van der Waals surface area contributed by atoms with E-state index in [1.54, 1.807) is 5.57 Å². The van der Waals surface area contributed by atoms with Crippen LogP contribution in [0.5, 0.6) is 0 Å². The van der Waals surface area contributed by atoms with Crippen molar-refractivity contribution in [3.8, 4) is 0 Å². The number of aryl methyl sites for hydroxylation is 1. The first kappa shape index (κ1) is 22.2. The van der Waals surface area contributed by atoms with Gasteiger partial charge in [-0.1, -0.05) is 87.3 Å². The SMILES string of the molecule is C/C(=C(\C=C(/N)Cc1cccc(C)c1)CCCCCC(C)C1CCCC1)C1CC1.[HH]. The van der Waals surface area contributed by atoms with Crippen molar-refractivity contribution in [3.05, 3.63) is 58.3 Å². The normalized spacial score (nSPS) is 20.0. The summed E-state index contributed by atoms with van der Waals surface area (Å²) in [6.07, 6.45) is 18.5. The van der Waals surface area contributed by atoms with E-state index in [1.807, 2.05) is 0 Å². The van der Waals surface area contributed by atoms with Gasteiger partial charge in [-0.2, -0.15) is 0 Å². The molecule has 2 aliphatic rings. The molecule has 0 radical (unpaired) electrons. The Morgan fingerprint density at radius 1 is 1.14 bits per heavy atom. The molecule has 1 aromatic carbocycles. The molecule has 2 aliphatic carbocycles. The third kappa shape index (κ3) is 7.36. The summed E-state index contributed by atoms with van der Waals surface area (Å²) in [7, 11) is 0. The van der Waals surface area contributed by atoms with Crippen molar-refractivity contribution >= 4 is 0 Å². The van der Waals surface area contributed by atoms with Crippen LogP contribution >= 0.6 is 0 Å². The zero-order valence-electron chi connectivity index (χ0n) is 19.2. The Hall–Kier alpha value is -1.50. The fourth-order valence-electron chi connectivity index (χ4n) is 5.22. The summed E-state index contributed by atoms with van der Waals surface area (Å²) < 4.78 is 0. The van der Waals surface area contributed by atoms with E-state index < -0.39 is 0 Å². The number of hydrogen-bond donors (Lipinski definition) is 1. The van der Waals surface area contributed by atoms with Gasteiger partial charge in [0.2, 0.25) is 0 Å². The molecule has 1 nitrogen and oxygen atoms in total. The summed E-state index contributed by atoms with van der Waals surface area (Å²) in [5.74, 6) is 2.79. The lowest BCUT2D eigenvalue weighted by Gasteiger charge is -2.18. The smallest absolute Gasteiger partial charge is 0.0128 e. The molecular formula is C28H45N. The molecule has 0 amide bonds. The molecule has 0 spiro atoms. The number of allylic oxidation sites excluding steroid dienone is 4. The maximum atomic E-state index is 6.48. The average molecular weight is 396 g/mol. The minimum Gasteiger partial charge on any atom is -0.402 e. The first-order valence-corrected chi connectivity index (χ1v) is 12.2. The summed E-state index contributed by atoms with van der Waals surface area (Å²) in [5.41, 5.74) is 13.3. The van der Waals surface area contributed by atoms with Crippen LogP contribution in [-0.2, 0) is 6.42 Å². The molecule has 0 aliphatic heterocycles. The van der Waals surface area contributed by atoms with Gasteiger partial charge in [-0.15, -0.1) is 0 Å². The molecule has 2 fully saturated rings. The average Bonchev–Trinajstić information content (AvgIpc) is 3.39. The molecule has 2 N–H and O–H groups in total. The van der Waals surface area contributed by atoms with Crippen molar-refractivity contribution < 1.29 is 1.43 Å². The third-order valence-corrected chi connectivity index (χ3v) is 7.36. The highest BCUT2D eigenvalue weighted by molar-refractivity contribution is 5.33. The predicted molar refractivity (Wildman–Crippen MR) is 129 cm³/mol. The van der Waals surface area contributed by atoms with Crippen LogP contribution in [0.2, 0.25) is 0 Å². The lowest BCUT2D eigenvalue weighted by atomic mass is 9.88. The maximum Gasteiger partial charge on any atom is 0.0128 e. The van der Waals surface area contributed by atoms with Crippen molar-refractivity contribution in [2.45, 2.75) is 97.8 Å². The van der Waals surface area contributed by atoms with Gasteiger partial charge in [0.05, 0.1) is 0 Å². The molecule has 0 bridgehead atoms. The van der Waals surface area contributed by atoms with Gasteiger partial charge in [0.1, 0.15) is 0 Å². The Labute approximate surface area is 181 Å². The van der Waals surface area contributed by atoms with Crippen LogP contribution < -0.4 is 5.73 Å².